The molecule has 5 aromatic rings. The van der Waals surface area contributed by atoms with Crippen molar-refractivity contribution in [2.45, 2.75) is 58.9 Å². The zero-order chi connectivity index (χ0) is 38.4. The molecule has 0 spiro atoms. The van der Waals surface area contributed by atoms with Crippen molar-refractivity contribution in [2.75, 3.05) is 27.3 Å². The highest BCUT2D eigenvalue weighted by Crippen LogP contribution is 2.45. The molecule has 0 bridgehead atoms. The van der Waals surface area contributed by atoms with E-state index in [0.717, 1.165) is 55.3 Å². The number of carbonyl (C=O) groups is 2. The summed E-state index contributed by atoms with van der Waals surface area (Å²) in [5.74, 6) is -3.43. The van der Waals surface area contributed by atoms with Crippen molar-refractivity contribution in [3.05, 3.63) is 118 Å². The minimum Gasteiger partial charge on any atom is -0.496 e. The number of hydrogen-bond acceptors (Lipinski definition) is 5. The van der Waals surface area contributed by atoms with Crippen LogP contribution in [0.5, 0.6) is 11.5 Å². The van der Waals surface area contributed by atoms with Crippen molar-refractivity contribution in [1.29, 1.82) is 0 Å². The largest absolute Gasteiger partial charge is 0.496 e. The fraction of sp³-hybridized carbons (Fsp3) is 0.302. The highest BCUT2D eigenvalue weighted by Gasteiger charge is 2.34. The summed E-state index contributed by atoms with van der Waals surface area (Å²) >= 11 is 0. The summed E-state index contributed by atoms with van der Waals surface area (Å²) in [5, 5.41) is 11.1. The van der Waals surface area contributed by atoms with Gasteiger partial charge < -0.3 is 20.3 Å². The van der Waals surface area contributed by atoms with Crippen LogP contribution in [0.25, 0.3) is 33.0 Å². The van der Waals surface area contributed by atoms with Gasteiger partial charge in [-0.05, 0) is 89.0 Å². The first-order chi connectivity index (χ1) is 25.3. The molecule has 0 unspecified atom stereocenters. The van der Waals surface area contributed by atoms with Gasteiger partial charge in [0.1, 0.15) is 17.3 Å². The molecule has 0 aromatic heterocycles. The molecule has 10 heteroatoms. The van der Waals surface area contributed by atoms with Crippen LogP contribution >= 0.6 is 0 Å². The molecule has 1 fully saturated rings. The molecule has 5 aromatic carbocycles. The Bertz CT molecular complexity index is 2120. The van der Waals surface area contributed by atoms with E-state index in [4.69, 9.17) is 20.3 Å². The number of halogens is 3. The number of likely N-dealkylation sites (tertiary alicyclic amines) is 1. The van der Waals surface area contributed by atoms with Crippen molar-refractivity contribution in [2.24, 2.45) is 5.73 Å². The second-order valence-electron chi connectivity index (χ2n) is 13.4. The normalized spacial score (nSPS) is 14.0. The second-order valence-corrected chi connectivity index (χ2v) is 13.4. The lowest BCUT2D eigenvalue weighted by atomic mass is 9.90. The van der Waals surface area contributed by atoms with Crippen molar-refractivity contribution in [3.8, 4) is 33.8 Å². The number of carboxylic acids is 1. The van der Waals surface area contributed by atoms with Crippen LogP contribution in [-0.2, 0) is 17.8 Å². The zero-order valence-corrected chi connectivity index (χ0v) is 30.7. The van der Waals surface area contributed by atoms with E-state index in [0.29, 0.717) is 43.1 Å². The van der Waals surface area contributed by atoms with E-state index in [1.54, 1.807) is 27.2 Å². The van der Waals surface area contributed by atoms with Gasteiger partial charge in [-0.15, -0.1) is 0 Å². The van der Waals surface area contributed by atoms with Gasteiger partial charge in [-0.2, -0.15) is 0 Å². The number of carbonyl (C=O) groups excluding carboxylic acids is 1. The van der Waals surface area contributed by atoms with Crippen molar-refractivity contribution < 1.29 is 37.3 Å². The summed E-state index contributed by atoms with van der Waals surface area (Å²) in [4.78, 5) is 24.5. The third-order valence-electron chi connectivity index (χ3n) is 9.91. The molecule has 6 rings (SSSR count). The van der Waals surface area contributed by atoms with Crippen LogP contribution in [0.1, 0.15) is 57.4 Å². The first-order valence-corrected chi connectivity index (χ1v) is 17.5. The lowest BCUT2D eigenvalue weighted by Gasteiger charge is -2.32. The van der Waals surface area contributed by atoms with Crippen LogP contribution in [0.4, 0.5) is 13.2 Å². The number of methoxy groups -OCH3 is 2. The average molecular weight is 727 g/mol. The van der Waals surface area contributed by atoms with E-state index in [1.165, 1.54) is 6.07 Å². The monoisotopic (exact) mass is 726 g/mol. The molecule has 0 aliphatic carbocycles. The molecule has 1 aliphatic rings. The Kier molecular flexibility index (Phi) is 12.1. The Morgan fingerprint density at radius 1 is 0.792 bits per heavy atom. The number of carboxylic acid groups (broad SMARTS) is 1. The highest BCUT2D eigenvalue weighted by atomic mass is 19.3. The van der Waals surface area contributed by atoms with Crippen molar-refractivity contribution in [3.63, 3.8) is 0 Å². The zero-order valence-electron chi connectivity index (χ0n) is 30.7. The Morgan fingerprint density at radius 3 is 2.06 bits per heavy atom. The summed E-state index contributed by atoms with van der Waals surface area (Å²) in [6.07, 6.45) is 0.214. The topological polar surface area (TPSA) is 102 Å². The number of fused-ring (bicyclic) bond motifs is 1. The summed E-state index contributed by atoms with van der Waals surface area (Å²) in [5.41, 5.74) is 13.5. The van der Waals surface area contributed by atoms with Gasteiger partial charge in [0.05, 0.1) is 25.3 Å². The first kappa shape index (κ1) is 38.9. The van der Waals surface area contributed by atoms with E-state index in [2.05, 4.69) is 0 Å². The molecule has 0 radical (unpaired) electrons. The maximum Gasteiger partial charge on any atom is 0.303 e. The van der Waals surface area contributed by atoms with Gasteiger partial charge in [-0.25, -0.2) is 13.2 Å². The minimum atomic E-state index is -2.59. The molecule has 7 nitrogen and oxygen atoms in total. The number of benzene rings is 5. The molecule has 1 saturated heterocycles. The highest BCUT2D eigenvalue weighted by molar-refractivity contribution is 6.01. The molecule has 3 N–H and O–H groups in total. The molecular formula is C43H45F3N2O5. The van der Waals surface area contributed by atoms with Gasteiger partial charge in [-0.1, -0.05) is 66.7 Å². The summed E-state index contributed by atoms with van der Waals surface area (Å²) in [7, 11) is 3.21. The van der Waals surface area contributed by atoms with Crippen LogP contribution in [-0.4, -0.2) is 55.1 Å². The fourth-order valence-corrected chi connectivity index (χ4v) is 7.21. The predicted molar refractivity (Wildman–Crippen MR) is 202 cm³/mol. The number of nitrogens with zero attached hydrogens (tertiary/aromatic N) is 1. The number of primary amides is 1. The van der Waals surface area contributed by atoms with Crippen LogP contribution in [0, 0.1) is 26.6 Å². The summed E-state index contributed by atoms with van der Waals surface area (Å²) in [6.45, 7) is 6.89. The molecule has 1 aliphatic heterocycles. The van der Waals surface area contributed by atoms with Gasteiger partial charge >= 0.3 is 5.97 Å². The average Bonchev–Trinajstić information content (AvgIpc) is 3.12. The Labute approximate surface area is 308 Å². The van der Waals surface area contributed by atoms with Gasteiger partial charge in [0.25, 0.3) is 11.8 Å². The van der Waals surface area contributed by atoms with Gasteiger partial charge in [-0.3, -0.25) is 14.5 Å². The molecule has 278 valence electrons. The van der Waals surface area contributed by atoms with Gasteiger partial charge in [0.15, 0.2) is 0 Å². The number of rotatable bonds is 10. The molecule has 0 saturated carbocycles. The second kappa shape index (κ2) is 16.5. The third-order valence-corrected chi connectivity index (χ3v) is 9.91. The maximum absolute atomic E-state index is 13.7. The standard InChI is InChI=1S/C27H29F2NO4.C16H16FNO/c1-33-23-11-9-19(17-30-15-13-27(28,29)14-16-30)26(34-2)25(23)22-8-4-6-20-18(10-12-24(31)32)5-3-7-21(20)22;1-9-5-4-6-10(2)14(9)12-7-8-13(17)15(11(12)3)16(18)19/h3-9,11H,10,12-17H2,1-2H3,(H,31,32);4-8H,1-3H3,(H2,18,19). The van der Waals surface area contributed by atoms with E-state index in [-0.39, 0.29) is 24.8 Å². The van der Waals surface area contributed by atoms with Crippen molar-refractivity contribution in [1.82, 2.24) is 4.90 Å². The minimum absolute atomic E-state index is 0.0276. The van der Waals surface area contributed by atoms with Gasteiger partial charge in [0, 0.05) is 44.5 Å². The first-order valence-electron chi connectivity index (χ1n) is 17.5. The quantitative estimate of drug-likeness (QED) is 0.149. The molecule has 1 heterocycles. The van der Waals surface area contributed by atoms with Crippen LogP contribution in [0.15, 0.2) is 78.9 Å². The number of ether oxygens (including phenoxy) is 2. The Balaban J connectivity index is 0.000000241. The number of piperidine rings is 1. The predicted octanol–water partition coefficient (Wildman–Crippen LogP) is 9.29. The number of nitrogens with two attached hydrogens (primary N) is 1. The Hall–Kier alpha value is -5.35. The van der Waals surface area contributed by atoms with Crippen molar-refractivity contribution >= 4 is 22.6 Å². The van der Waals surface area contributed by atoms with Gasteiger partial charge in [0.2, 0.25) is 0 Å². The molecular weight excluding hydrogens is 681 g/mol. The summed E-state index contributed by atoms with van der Waals surface area (Å²) < 4.78 is 52.5. The van der Waals surface area contributed by atoms with Crippen LogP contribution < -0.4 is 15.2 Å². The van der Waals surface area contributed by atoms with E-state index >= 15 is 0 Å². The van der Waals surface area contributed by atoms with Crippen LogP contribution in [0.2, 0.25) is 0 Å². The Morgan fingerprint density at radius 2 is 1.43 bits per heavy atom. The number of aliphatic carboxylic acids is 1. The molecule has 0 atom stereocenters. The maximum atomic E-state index is 13.7. The smallest absolute Gasteiger partial charge is 0.303 e. The summed E-state index contributed by atoms with van der Waals surface area (Å²) in [6, 6.07) is 24.6. The number of amides is 1. The number of alkyl halides is 2. The molecule has 1 amide bonds. The molecule has 53 heavy (non-hydrogen) atoms. The fourth-order valence-electron chi connectivity index (χ4n) is 7.21. The third kappa shape index (κ3) is 8.66. The number of hydrogen-bond donors (Lipinski definition) is 2. The lowest BCUT2D eigenvalue weighted by molar-refractivity contribution is -0.136. The van der Waals surface area contributed by atoms with E-state index in [9.17, 15) is 22.8 Å². The SMILES string of the molecule is COc1ccc(CN2CCC(F)(F)CC2)c(OC)c1-c1cccc2c(CCC(=O)O)cccc12.Cc1cccc(C)c1-c1ccc(F)c(C(N)=O)c1C. The van der Waals surface area contributed by atoms with E-state index < -0.39 is 23.6 Å². The van der Waals surface area contributed by atoms with Crippen LogP contribution in [0.3, 0.4) is 0 Å². The number of aryl methyl sites for hydroxylation is 3. The lowest BCUT2D eigenvalue weighted by Crippen LogP contribution is -2.38. The van der Waals surface area contributed by atoms with E-state index in [1.807, 2.05) is 85.5 Å².